The van der Waals surface area contributed by atoms with Crippen LogP contribution in [0.15, 0.2) is 29.8 Å². The zero-order chi connectivity index (χ0) is 29.0. The minimum atomic E-state index is -4.94. The van der Waals surface area contributed by atoms with E-state index in [4.69, 9.17) is 0 Å². The molecule has 0 aliphatic carbocycles. The Balaban J connectivity index is 1.87. The van der Waals surface area contributed by atoms with Crippen LogP contribution >= 0.6 is 0 Å². The maximum Gasteiger partial charge on any atom is 0.416 e. The highest BCUT2D eigenvalue weighted by Crippen LogP contribution is 2.37. The smallest absolute Gasteiger partial charge is 0.376 e. The van der Waals surface area contributed by atoms with E-state index in [0.29, 0.717) is 25.9 Å². The Labute approximate surface area is 223 Å². The zero-order valence-electron chi connectivity index (χ0n) is 22.4. The summed E-state index contributed by atoms with van der Waals surface area (Å²) in [4.78, 5) is 4.99. The molecule has 1 saturated heterocycles. The van der Waals surface area contributed by atoms with Gasteiger partial charge in [-0.15, -0.1) is 5.10 Å². The molecule has 1 aromatic heterocycles. The molecule has 0 amide bonds. The molecule has 14 heteroatoms. The Morgan fingerprint density at radius 3 is 2.31 bits per heavy atom. The van der Waals surface area contributed by atoms with E-state index in [9.17, 15) is 31.4 Å². The summed E-state index contributed by atoms with van der Waals surface area (Å²) >= 11 is 0. The molecule has 0 bridgehead atoms. The number of hydrogen-bond donors (Lipinski definition) is 2. The highest BCUT2D eigenvalue weighted by atomic mass is 19.4. The summed E-state index contributed by atoms with van der Waals surface area (Å²) in [7, 11) is 1.52. The summed E-state index contributed by atoms with van der Waals surface area (Å²) < 4.78 is 80.7. The molecular weight excluding hydrogens is 528 g/mol. The third-order valence-corrected chi connectivity index (χ3v) is 6.88. The molecule has 2 heterocycles. The number of nitrogens with one attached hydrogen (secondary N) is 1. The van der Waals surface area contributed by atoms with Gasteiger partial charge in [0.1, 0.15) is 5.72 Å². The number of halogens is 6. The number of hydrogen-bond acceptors (Lipinski definition) is 7. The van der Waals surface area contributed by atoms with Gasteiger partial charge in [-0.25, -0.2) is 0 Å². The maximum absolute atomic E-state index is 13.4. The van der Waals surface area contributed by atoms with Crippen molar-refractivity contribution in [2.45, 2.75) is 70.7 Å². The van der Waals surface area contributed by atoms with Gasteiger partial charge in [-0.05, 0) is 55.7 Å². The lowest BCUT2D eigenvalue weighted by Gasteiger charge is -2.32. The molecule has 2 aromatic rings. The average molecular weight is 564 g/mol. The predicted octanol–water partition coefficient (Wildman–Crippen LogP) is 4.37. The number of aromatic nitrogens is 4. The molecule has 1 aliphatic heterocycles. The molecule has 1 aliphatic rings. The second-order valence-corrected chi connectivity index (χ2v) is 10.0. The van der Waals surface area contributed by atoms with Crippen molar-refractivity contribution in [1.82, 2.24) is 30.4 Å². The van der Waals surface area contributed by atoms with Crippen LogP contribution in [0.25, 0.3) is 0 Å². The lowest BCUT2D eigenvalue weighted by Crippen LogP contribution is -2.42. The van der Waals surface area contributed by atoms with Crippen LogP contribution in [0.1, 0.15) is 56.7 Å². The highest BCUT2D eigenvalue weighted by molar-refractivity contribution is 5.38. The Morgan fingerprint density at radius 2 is 1.79 bits per heavy atom. The van der Waals surface area contributed by atoms with Gasteiger partial charge in [0.15, 0.2) is 0 Å². The van der Waals surface area contributed by atoms with Gasteiger partial charge < -0.3 is 10.0 Å². The molecule has 8 nitrogen and oxygen atoms in total. The van der Waals surface area contributed by atoms with Gasteiger partial charge in [-0.3, -0.25) is 10.2 Å². The lowest BCUT2D eigenvalue weighted by atomic mass is 10.0. The van der Waals surface area contributed by atoms with E-state index in [1.807, 2.05) is 13.0 Å². The topological polar surface area (TPSA) is 82.3 Å². The summed E-state index contributed by atoms with van der Waals surface area (Å²) in [5, 5.41) is 25.4. The van der Waals surface area contributed by atoms with Crippen molar-refractivity contribution in [3.63, 3.8) is 0 Å². The van der Waals surface area contributed by atoms with Gasteiger partial charge >= 0.3 is 12.4 Å². The first kappa shape index (κ1) is 30.8. The first-order chi connectivity index (χ1) is 18.1. The van der Waals surface area contributed by atoms with E-state index in [2.05, 4.69) is 32.6 Å². The number of tetrazole rings is 1. The predicted molar refractivity (Wildman–Crippen MR) is 134 cm³/mol. The first-order valence-electron chi connectivity index (χ1n) is 12.7. The number of nitrogens with zero attached hydrogens (tertiary/aromatic N) is 6. The molecule has 218 valence electrons. The molecular formula is C25H35F6N7O. The fourth-order valence-corrected chi connectivity index (χ4v) is 4.68. The van der Waals surface area contributed by atoms with E-state index in [1.54, 1.807) is 6.92 Å². The average Bonchev–Trinajstić information content (AvgIpc) is 3.19. The number of allylic oxidation sites excluding steroid dienone is 1. The van der Waals surface area contributed by atoms with Crippen LogP contribution < -0.4 is 10.2 Å². The largest absolute Gasteiger partial charge is 0.416 e. The molecule has 3 rings (SSSR count). The van der Waals surface area contributed by atoms with Crippen LogP contribution in [-0.2, 0) is 25.9 Å². The van der Waals surface area contributed by atoms with Gasteiger partial charge in [0.25, 0.3) is 5.95 Å². The second kappa shape index (κ2) is 12.2. The SMILES string of the molecule is C/C=C(\CC(CC)N1CCNC(C)(O)CC1)CN(Cc1cc(C(F)(F)F)cc(C(F)(F)F)c1)c1nnn(C)n1. The number of benzene rings is 1. The minimum absolute atomic E-state index is 0.0888. The van der Waals surface area contributed by atoms with Gasteiger partial charge in [0.05, 0.1) is 18.2 Å². The summed E-state index contributed by atoms with van der Waals surface area (Å²) in [5.74, 6) is 0.0888. The van der Waals surface area contributed by atoms with Crippen molar-refractivity contribution in [2.75, 3.05) is 31.1 Å². The molecule has 2 unspecified atom stereocenters. The van der Waals surface area contributed by atoms with Crippen molar-refractivity contribution in [1.29, 1.82) is 0 Å². The lowest BCUT2D eigenvalue weighted by molar-refractivity contribution is -0.143. The molecule has 2 N–H and O–H groups in total. The van der Waals surface area contributed by atoms with Gasteiger partial charge in [-0.1, -0.05) is 23.7 Å². The summed E-state index contributed by atoms with van der Waals surface area (Å²) in [6.07, 6.45) is -6.02. The fraction of sp³-hybridized carbons (Fsp3) is 0.640. The van der Waals surface area contributed by atoms with E-state index < -0.39 is 29.2 Å². The molecule has 1 aromatic carbocycles. The number of aliphatic hydroxyl groups is 1. The third-order valence-electron chi connectivity index (χ3n) is 6.88. The van der Waals surface area contributed by atoms with Crippen LogP contribution in [-0.4, -0.2) is 68.2 Å². The van der Waals surface area contributed by atoms with Crippen molar-refractivity contribution >= 4 is 5.95 Å². The van der Waals surface area contributed by atoms with Crippen LogP contribution in [0.2, 0.25) is 0 Å². The van der Waals surface area contributed by atoms with Crippen LogP contribution in [0.4, 0.5) is 32.3 Å². The quantitative estimate of drug-likeness (QED) is 0.346. The molecule has 0 saturated carbocycles. The Hall–Kier alpha value is -2.71. The molecule has 39 heavy (non-hydrogen) atoms. The zero-order valence-corrected chi connectivity index (χ0v) is 22.4. The Morgan fingerprint density at radius 1 is 1.15 bits per heavy atom. The number of aryl methyl sites for hydroxylation is 1. The summed E-state index contributed by atoms with van der Waals surface area (Å²) in [6.45, 7) is 7.53. The second-order valence-electron chi connectivity index (χ2n) is 10.0. The highest BCUT2D eigenvalue weighted by Gasteiger charge is 2.37. The van der Waals surface area contributed by atoms with Crippen molar-refractivity contribution in [2.24, 2.45) is 7.05 Å². The van der Waals surface area contributed by atoms with Gasteiger partial charge in [0, 0.05) is 45.2 Å². The molecule has 1 fully saturated rings. The van der Waals surface area contributed by atoms with Crippen molar-refractivity contribution in [3.05, 3.63) is 46.5 Å². The van der Waals surface area contributed by atoms with E-state index in [1.165, 1.54) is 16.7 Å². The Kier molecular flexibility index (Phi) is 9.65. The number of anilines is 1. The van der Waals surface area contributed by atoms with Crippen LogP contribution in [0.3, 0.4) is 0 Å². The summed E-state index contributed by atoms with van der Waals surface area (Å²) in [6, 6.07) is 1.68. The van der Waals surface area contributed by atoms with Crippen molar-refractivity contribution in [3.8, 4) is 0 Å². The maximum atomic E-state index is 13.4. The van der Waals surface area contributed by atoms with Gasteiger partial charge in [-0.2, -0.15) is 31.1 Å². The standard InChI is InChI=1S/C25H35F6N7O/c1-5-17(13-21(6-2)37-9-7-23(3,39)32-8-10-37)15-38(22-33-35-36(4)34-22)16-18-11-19(24(26,27)28)14-20(12-18)25(29,30)31/h5,11-12,14,21,32,39H,6-10,13,15-16H2,1-4H3/b17-5+. The number of alkyl halides is 6. The summed E-state index contributed by atoms with van der Waals surface area (Å²) in [5.41, 5.74) is -2.95. The van der Waals surface area contributed by atoms with E-state index in [-0.39, 0.29) is 36.7 Å². The fourth-order valence-electron chi connectivity index (χ4n) is 4.68. The minimum Gasteiger partial charge on any atom is -0.376 e. The normalized spacial score (nSPS) is 20.6. The molecule has 2 atom stereocenters. The van der Waals surface area contributed by atoms with Gasteiger partial charge in [0.2, 0.25) is 0 Å². The molecule has 0 spiro atoms. The monoisotopic (exact) mass is 563 g/mol. The number of rotatable bonds is 9. The molecule has 0 radical (unpaired) electrons. The van der Waals surface area contributed by atoms with E-state index in [0.717, 1.165) is 30.7 Å². The van der Waals surface area contributed by atoms with Crippen LogP contribution in [0.5, 0.6) is 0 Å². The van der Waals surface area contributed by atoms with Crippen LogP contribution in [0, 0.1) is 0 Å². The third kappa shape index (κ3) is 8.64. The van der Waals surface area contributed by atoms with Crippen molar-refractivity contribution < 1.29 is 31.4 Å². The Bertz CT molecular complexity index is 1100. The van der Waals surface area contributed by atoms with E-state index >= 15 is 0 Å². The first-order valence-corrected chi connectivity index (χ1v) is 12.7.